The number of para-hydroxylation sites is 1. The summed E-state index contributed by atoms with van der Waals surface area (Å²) in [6, 6.07) is 4.60. The average molecular weight is 399 g/mol. The lowest BCUT2D eigenvalue weighted by molar-refractivity contribution is -0.130. The number of hydrogen-bond acceptors (Lipinski definition) is 7. The molecule has 9 nitrogen and oxygen atoms in total. The van der Waals surface area contributed by atoms with Gasteiger partial charge in [0.2, 0.25) is 5.91 Å². The Bertz CT molecular complexity index is 1060. The van der Waals surface area contributed by atoms with Crippen LogP contribution in [0.2, 0.25) is 0 Å². The molecule has 152 valence electrons. The summed E-state index contributed by atoms with van der Waals surface area (Å²) in [5.74, 6) is -0.608. The lowest BCUT2D eigenvalue weighted by Gasteiger charge is -2.37. The van der Waals surface area contributed by atoms with Gasteiger partial charge in [-0.3, -0.25) is 19.2 Å². The van der Waals surface area contributed by atoms with Gasteiger partial charge in [0.1, 0.15) is 5.69 Å². The summed E-state index contributed by atoms with van der Waals surface area (Å²) in [6.07, 6.45) is 1.22. The molecule has 4 rings (SSSR count). The van der Waals surface area contributed by atoms with Crippen molar-refractivity contribution in [3.8, 4) is 11.5 Å². The van der Waals surface area contributed by atoms with Crippen molar-refractivity contribution in [3.05, 3.63) is 44.2 Å². The molecule has 0 aliphatic carbocycles. The van der Waals surface area contributed by atoms with Crippen LogP contribution in [-0.4, -0.2) is 59.0 Å². The minimum Gasteiger partial charge on any atom is -0.505 e. The normalized spacial score (nSPS) is 18.8. The Morgan fingerprint density at radius 1 is 1.24 bits per heavy atom. The topological polar surface area (TPSA) is 116 Å². The molecule has 0 radical (unpaired) electrons. The van der Waals surface area contributed by atoms with Crippen LogP contribution in [0.4, 0.5) is 11.4 Å². The highest BCUT2D eigenvalue weighted by atomic mass is 16.5. The van der Waals surface area contributed by atoms with E-state index in [4.69, 9.17) is 4.74 Å². The molecule has 2 aliphatic heterocycles. The van der Waals surface area contributed by atoms with Gasteiger partial charge in [0.25, 0.3) is 16.8 Å². The highest BCUT2D eigenvalue weighted by molar-refractivity contribution is 5.99. The van der Waals surface area contributed by atoms with Crippen molar-refractivity contribution in [1.82, 2.24) is 9.80 Å². The summed E-state index contributed by atoms with van der Waals surface area (Å²) in [5, 5.41) is 13.3. The van der Waals surface area contributed by atoms with Gasteiger partial charge in [-0.2, -0.15) is 0 Å². The number of anilines is 2. The molecule has 0 saturated carbocycles. The van der Waals surface area contributed by atoms with E-state index in [1.54, 1.807) is 17.9 Å². The first-order valence-electron chi connectivity index (χ1n) is 9.56. The number of aromatic hydroxyl groups is 1. The number of nitrogens with zero attached hydrogens (tertiary/aromatic N) is 2. The zero-order valence-electron chi connectivity index (χ0n) is 15.9. The van der Waals surface area contributed by atoms with Crippen LogP contribution in [0.5, 0.6) is 11.5 Å². The molecule has 2 aromatic rings. The quantitative estimate of drug-likeness (QED) is 0.558. The molecule has 1 unspecified atom stereocenters. The highest BCUT2D eigenvalue weighted by Gasteiger charge is 2.37. The Morgan fingerprint density at radius 3 is 2.79 bits per heavy atom. The third-order valence-corrected chi connectivity index (χ3v) is 5.46. The third-order valence-electron chi connectivity index (χ3n) is 5.46. The fraction of sp³-hybridized carbons (Fsp3) is 0.400. The number of phenolic OH excluding ortho intramolecular Hbond substituents is 1. The van der Waals surface area contributed by atoms with Gasteiger partial charge in [0.15, 0.2) is 11.5 Å². The Hall–Kier alpha value is -3.36. The van der Waals surface area contributed by atoms with Gasteiger partial charge >= 0.3 is 0 Å². The zero-order chi connectivity index (χ0) is 20.7. The smallest absolute Gasteiger partial charge is 0.272 e. The minimum atomic E-state index is -0.730. The lowest BCUT2D eigenvalue weighted by Crippen LogP contribution is -2.53. The second-order valence-electron chi connectivity index (χ2n) is 7.15. The molecule has 0 aromatic heterocycles. The molecule has 29 heavy (non-hydrogen) atoms. The van der Waals surface area contributed by atoms with Crippen molar-refractivity contribution in [2.45, 2.75) is 25.8 Å². The van der Waals surface area contributed by atoms with Crippen LogP contribution < -0.4 is 20.9 Å². The summed E-state index contributed by atoms with van der Waals surface area (Å²) in [6.45, 7) is 3.21. The van der Waals surface area contributed by atoms with Crippen molar-refractivity contribution >= 4 is 23.2 Å². The maximum atomic E-state index is 13.0. The van der Waals surface area contributed by atoms with Gasteiger partial charge in [-0.1, -0.05) is 6.07 Å². The monoisotopic (exact) mass is 399 g/mol. The van der Waals surface area contributed by atoms with Gasteiger partial charge in [-0.15, -0.1) is 0 Å². The number of nitrogens with one attached hydrogen (secondary N) is 1. The van der Waals surface area contributed by atoms with Crippen LogP contribution in [0.25, 0.3) is 0 Å². The Balaban J connectivity index is 1.55. The lowest BCUT2D eigenvalue weighted by atomic mass is 10.1. The number of phenols is 1. The van der Waals surface area contributed by atoms with Crippen LogP contribution in [0, 0.1) is 0 Å². The number of ether oxygens (including phenoxy) is 1. The van der Waals surface area contributed by atoms with Crippen molar-refractivity contribution in [2.75, 3.05) is 31.6 Å². The Kier molecular flexibility index (Phi) is 4.73. The van der Waals surface area contributed by atoms with E-state index in [2.05, 4.69) is 5.32 Å². The van der Waals surface area contributed by atoms with Gasteiger partial charge in [0.05, 0.1) is 17.9 Å². The van der Waals surface area contributed by atoms with Gasteiger partial charge in [0, 0.05) is 32.1 Å². The predicted molar refractivity (Wildman–Crippen MR) is 105 cm³/mol. The van der Waals surface area contributed by atoms with Crippen molar-refractivity contribution in [1.29, 1.82) is 0 Å². The highest BCUT2D eigenvalue weighted by Crippen LogP contribution is 2.33. The van der Waals surface area contributed by atoms with E-state index >= 15 is 0 Å². The van der Waals surface area contributed by atoms with E-state index in [0.29, 0.717) is 26.1 Å². The van der Waals surface area contributed by atoms with Crippen molar-refractivity contribution in [3.63, 3.8) is 0 Å². The summed E-state index contributed by atoms with van der Waals surface area (Å²) in [5.41, 5.74) is -1.26. The van der Waals surface area contributed by atoms with Crippen LogP contribution >= 0.6 is 0 Å². The molecule has 1 atom stereocenters. The van der Waals surface area contributed by atoms with E-state index < -0.39 is 10.9 Å². The average Bonchev–Trinajstić information content (AvgIpc) is 3.11. The van der Waals surface area contributed by atoms with Gasteiger partial charge in [-0.25, -0.2) is 0 Å². The van der Waals surface area contributed by atoms with Crippen LogP contribution in [0.3, 0.4) is 0 Å². The summed E-state index contributed by atoms with van der Waals surface area (Å²) >= 11 is 0. The third kappa shape index (κ3) is 3.12. The van der Waals surface area contributed by atoms with Gasteiger partial charge in [-0.05, 0) is 25.5 Å². The molecular formula is C20H21N3O6. The minimum absolute atomic E-state index is 0.0150. The fourth-order valence-corrected chi connectivity index (χ4v) is 3.94. The SMILES string of the molecule is CCOc1c(Nc2cccc(C(=O)N3CCN4C(=O)CCC4C3)c2O)c(=O)c1=O. The maximum absolute atomic E-state index is 13.0. The van der Waals surface area contributed by atoms with E-state index in [1.165, 1.54) is 12.1 Å². The van der Waals surface area contributed by atoms with Gasteiger partial charge < -0.3 is 25.0 Å². The standard InChI is InChI=1S/C20H21N3O6/c1-2-29-19-15(17(26)18(19)27)21-13-5-3-4-12(16(13)25)20(28)22-8-9-23-11(10-22)6-7-14(23)24/h3-5,11,21,25H,2,6-10H2,1H3. The van der Waals surface area contributed by atoms with Crippen molar-refractivity contribution in [2.24, 2.45) is 0 Å². The van der Waals surface area contributed by atoms with E-state index in [1.807, 2.05) is 4.90 Å². The molecule has 2 N–H and O–H groups in total. The first-order valence-corrected chi connectivity index (χ1v) is 9.56. The molecule has 2 amide bonds. The Labute approximate surface area is 166 Å². The number of fused-ring (bicyclic) bond motifs is 1. The number of benzene rings is 1. The summed E-state index contributed by atoms with van der Waals surface area (Å²) in [7, 11) is 0. The predicted octanol–water partition coefficient (Wildman–Crippen LogP) is 0.577. The van der Waals surface area contributed by atoms with E-state index in [-0.39, 0.29) is 52.9 Å². The van der Waals surface area contributed by atoms with E-state index in [9.17, 15) is 24.3 Å². The molecule has 0 bridgehead atoms. The molecule has 9 heteroatoms. The molecule has 2 fully saturated rings. The number of hydrogen-bond donors (Lipinski definition) is 2. The van der Waals surface area contributed by atoms with Crippen LogP contribution in [0.1, 0.15) is 30.1 Å². The maximum Gasteiger partial charge on any atom is 0.272 e. The number of carbonyl (C=O) groups excluding carboxylic acids is 2. The number of rotatable bonds is 5. The molecule has 2 heterocycles. The first kappa shape index (κ1) is 19.0. The largest absolute Gasteiger partial charge is 0.505 e. The molecule has 2 saturated heterocycles. The second-order valence-corrected chi connectivity index (χ2v) is 7.15. The van der Waals surface area contributed by atoms with E-state index in [0.717, 1.165) is 6.42 Å². The molecular weight excluding hydrogens is 378 g/mol. The molecule has 0 spiro atoms. The number of carbonyl (C=O) groups is 2. The van der Waals surface area contributed by atoms with Crippen molar-refractivity contribution < 1.29 is 19.4 Å². The summed E-state index contributed by atoms with van der Waals surface area (Å²) < 4.78 is 5.16. The zero-order valence-corrected chi connectivity index (χ0v) is 15.9. The fourth-order valence-electron chi connectivity index (χ4n) is 3.94. The summed E-state index contributed by atoms with van der Waals surface area (Å²) in [4.78, 5) is 51.7. The van der Waals surface area contributed by atoms with Crippen LogP contribution in [-0.2, 0) is 4.79 Å². The number of amides is 2. The molecule has 2 aromatic carbocycles. The molecule has 2 aliphatic rings. The first-order chi connectivity index (χ1) is 13.9. The second kappa shape index (κ2) is 7.23. The van der Waals surface area contributed by atoms with Crippen LogP contribution in [0.15, 0.2) is 27.8 Å². The number of piperazine rings is 1. The Morgan fingerprint density at radius 2 is 2.03 bits per heavy atom.